The first kappa shape index (κ1) is 31.4. The maximum Gasteiger partial charge on any atom is 0.0732 e. The zero-order valence-corrected chi connectivity index (χ0v) is 31.9. The lowest BCUT2D eigenvalue weighted by Crippen LogP contribution is -2.71. The van der Waals surface area contributed by atoms with E-state index in [1.165, 1.54) is 25.4 Å². The average molecular weight is 667 g/mol. The molecule has 2 aliphatic heterocycles. The molecule has 2 heterocycles. The van der Waals surface area contributed by atoms with E-state index in [4.69, 9.17) is 0 Å². The molecular formula is C38H64N4P2Si. The lowest BCUT2D eigenvalue weighted by atomic mass is 9.55. The van der Waals surface area contributed by atoms with Crippen molar-refractivity contribution in [3.63, 3.8) is 0 Å². The Morgan fingerprint density at radius 2 is 1.07 bits per heavy atom. The van der Waals surface area contributed by atoms with Crippen LogP contribution in [-0.4, -0.2) is 68.2 Å². The van der Waals surface area contributed by atoms with E-state index in [2.05, 4.69) is 56.2 Å². The summed E-state index contributed by atoms with van der Waals surface area (Å²) in [6.07, 6.45) is 27.8. The Kier molecular flexibility index (Phi) is 8.00. The minimum absolute atomic E-state index is 0.0575. The fourth-order valence-corrected chi connectivity index (χ4v) is 21.2. The molecule has 45 heavy (non-hydrogen) atoms. The highest BCUT2D eigenvalue weighted by Crippen LogP contribution is 2.79. The molecule has 0 aromatic carbocycles. The molecule has 0 spiro atoms. The van der Waals surface area contributed by atoms with Crippen molar-refractivity contribution in [2.75, 3.05) is 32.3 Å². The van der Waals surface area contributed by atoms with Gasteiger partial charge in [-0.1, -0.05) is 38.8 Å². The largest absolute Gasteiger partial charge is 0.301 e. The third-order valence-corrected chi connectivity index (χ3v) is 22.4. The summed E-state index contributed by atoms with van der Waals surface area (Å²) in [6, 6.07) is 0. The summed E-state index contributed by atoms with van der Waals surface area (Å²) in [5, 5.41) is 19.3. The molecule has 10 fully saturated rings. The van der Waals surface area contributed by atoms with Gasteiger partial charge in [-0.2, -0.15) is 0 Å². The summed E-state index contributed by atoms with van der Waals surface area (Å²) >= 11 is 0. The van der Waals surface area contributed by atoms with Crippen LogP contribution in [0.3, 0.4) is 0 Å². The molecule has 4 N–H and O–H groups in total. The van der Waals surface area contributed by atoms with Crippen molar-refractivity contribution in [2.45, 2.75) is 144 Å². The van der Waals surface area contributed by atoms with E-state index in [0.29, 0.717) is 22.6 Å². The van der Waals surface area contributed by atoms with Crippen LogP contribution in [0.1, 0.15) is 96.3 Å². The molecule has 0 radical (unpaired) electrons. The molecule has 250 valence electrons. The van der Waals surface area contributed by atoms with Crippen LogP contribution in [0.25, 0.3) is 0 Å². The molecule has 1 atom stereocenters. The van der Waals surface area contributed by atoms with Gasteiger partial charge in [-0.3, -0.25) is 0 Å². The van der Waals surface area contributed by atoms with Crippen LogP contribution in [0.5, 0.6) is 0 Å². The molecule has 11 aliphatic rings. The van der Waals surface area contributed by atoms with Gasteiger partial charge in [-0.25, -0.2) is 0 Å². The lowest BCUT2D eigenvalue weighted by Gasteiger charge is -2.67. The van der Waals surface area contributed by atoms with Gasteiger partial charge in [0.1, 0.15) is 0 Å². The number of hydrogen-bond donors (Lipinski definition) is 4. The van der Waals surface area contributed by atoms with Gasteiger partial charge in [0.25, 0.3) is 0 Å². The van der Waals surface area contributed by atoms with Crippen molar-refractivity contribution in [1.29, 1.82) is 0 Å². The predicted octanol–water partition coefficient (Wildman–Crippen LogP) is 7.34. The zero-order chi connectivity index (χ0) is 30.6. The number of hydrogen-bond acceptors (Lipinski definition) is 4. The number of allylic oxidation sites excluding steroid dienone is 3. The average Bonchev–Trinajstić information content (AvgIpc) is 3.44. The Morgan fingerprint density at radius 1 is 0.689 bits per heavy atom. The van der Waals surface area contributed by atoms with Gasteiger partial charge in [-0.05, 0) is 186 Å². The third kappa shape index (κ3) is 5.33. The minimum atomic E-state index is -1.44. The highest BCUT2D eigenvalue weighted by Gasteiger charge is 2.63. The topological polar surface area (TPSA) is 48.1 Å². The van der Waals surface area contributed by atoms with Gasteiger partial charge >= 0.3 is 0 Å². The van der Waals surface area contributed by atoms with Crippen LogP contribution < -0.4 is 21.3 Å². The maximum atomic E-state index is 4.03. The van der Waals surface area contributed by atoms with Crippen LogP contribution in [0.4, 0.5) is 0 Å². The van der Waals surface area contributed by atoms with Gasteiger partial charge in [0.2, 0.25) is 0 Å². The molecule has 2 saturated heterocycles. The van der Waals surface area contributed by atoms with E-state index < -0.39 is 8.07 Å². The van der Waals surface area contributed by atoms with Crippen molar-refractivity contribution < 1.29 is 0 Å². The second kappa shape index (κ2) is 11.5. The molecule has 1 unspecified atom stereocenters. The second-order valence-corrected chi connectivity index (χ2v) is 28.5. The minimum Gasteiger partial charge on any atom is -0.301 e. The van der Waals surface area contributed by atoms with Gasteiger partial charge < -0.3 is 21.3 Å². The van der Waals surface area contributed by atoms with E-state index >= 15 is 0 Å². The zero-order valence-electron chi connectivity index (χ0n) is 28.9. The first-order valence-corrected chi connectivity index (χ1v) is 25.2. The van der Waals surface area contributed by atoms with Crippen LogP contribution in [-0.2, 0) is 0 Å². The molecule has 0 aromatic heterocycles. The van der Waals surface area contributed by atoms with Crippen molar-refractivity contribution >= 4 is 25.2 Å². The van der Waals surface area contributed by atoms with Gasteiger partial charge in [-0.15, -0.1) is 9.24 Å². The summed E-state index contributed by atoms with van der Waals surface area (Å²) in [6.45, 7) is 12.4. The standard InChI is InChI=1S/C38H64N4P2Si/c1-45(2,3)32-16-31(33(17-32)38(43,34-39-6-4-7-40-34)35-41-8-5-9-42-35)24-44(36-18-25-10-26(19-36)12-27(11-25)20-36)37-21-28-13-29(22-37)15-30(14-28)23-37/h16,25-30,34-35,39-42H,4-15,17-24,43H2,1-3H3. The lowest BCUT2D eigenvalue weighted by molar-refractivity contribution is 0.0187. The van der Waals surface area contributed by atoms with Crippen molar-refractivity contribution in [3.05, 3.63) is 22.4 Å². The van der Waals surface area contributed by atoms with Crippen LogP contribution in [0.15, 0.2) is 22.4 Å². The summed E-state index contributed by atoms with van der Waals surface area (Å²) < 4.78 is 0. The van der Waals surface area contributed by atoms with Crippen LogP contribution >= 0.6 is 17.2 Å². The Balaban J connectivity index is 1.17. The highest BCUT2D eigenvalue weighted by molar-refractivity contribution is 7.61. The Morgan fingerprint density at radius 3 is 1.42 bits per heavy atom. The van der Waals surface area contributed by atoms with Gasteiger partial charge in [0.05, 0.1) is 25.6 Å². The molecule has 8 saturated carbocycles. The molecule has 4 nitrogen and oxygen atoms in total. The monoisotopic (exact) mass is 666 g/mol. The number of rotatable bonds is 8. The Hall–Kier alpha value is 0.397. The SMILES string of the molecule is C[Si](C)(C)C1=CC(CP(C23CC4CC(CC(C4)C2)C3)C23CC4CC(CC(C4)C2)C3)=C(C(P)(C2NCCCN2)C2NCCCN2)C1. The van der Waals surface area contributed by atoms with Crippen molar-refractivity contribution in [3.8, 4) is 0 Å². The number of nitrogens with one attached hydrogen (secondary N) is 4. The van der Waals surface area contributed by atoms with E-state index in [0.717, 1.165) is 61.7 Å². The smallest absolute Gasteiger partial charge is 0.0732 e. The van der Waals surface area contributed by atoms with E-state index in [1.54, 1.807) is 82.6 Å². The molecule has 0 amide bonds. The normalized spacial score (nSPS) is 44.2. The first-order chi connectivity index (χ1) is 21.6. The third-order valence-electron chi connectivity index (χ3n) is 15.1. The van der Waals surface area contributed by atoms with Crippen molar-refractivity contribution in [2.24, 2.45) is 35.5 Å². The quantitative estimate of drug-likeness (QED) is 0.162. The highest BCUT2D eigenvalue weighted by atomic mass is 31.1. The van der Waals surface area contributed by atoms with Gasteiger partial charge in [0, 0.05) is 0 Å². The molecular weight excluding hydrogens is 602 g/mol. The molecule has 0 aromatic rings. The molecule has 11 rings (SSSR count). The predicted molar refractivity (Wildman–Crippen MR) is 198 cm³/mol. The fraction of sp³-hybridized carbons (Fsp3) is 0.895. The second-order valence-electron chi connectivity index (χ2n) is 19.3. The van der Waals surface area contributed by atoms with E-state index in [9.17, 15) is 0 Å². The van der Waals surface area contributed by atoms with E-state index in [-0.39, 0.29) is 13.1 Å². The van der Waals surface area contributed by atoms with E-state index in [1.807, 2.05) is 10.8 Å². The summed E-state index contributed by atoms with van der Waals surface area (Å²) in [5.74, 6) is 6.37. The molecule has 9 aliphatic carbocycles. The Labute approximate surface area is 279 Å². The molecule has 8 bridgehead atoms. The first-order valence-electron chi connectivity index (χ1n) is 19.6. The summed E-state index contributed by atoms with van der Waals surface area (Å²) in [4.78, 5) is 0. The maximum absolute atomic E-state index is 4.03. The van der Waals surface area contributed by atoms with Crippen LogP contribution in [0.2, 0.25) is 19.6 Å². The van der Waals surface area contributed by atoms with Crippen LogP contribution in [0, 0.1) is 35.5 Å². The summed E-state index contributed by atoms with van der Waals surface area (Å²) in [5.41, 5.74) is 3.63. The fourth-order valence-electron chi connectivity index (χ4n) is 14.0. The van der Waals surface area contributed by atoms with Crippen molar-refractivity contribution in [1.82, 2.24) is 21.3 Å². The summed E-state index contributed by atoms with van der Waals surface area (Å²) in [7, 11) is 2.05. The Bertz CT molecular complexity index is 1090. The molecule has 7 heteroatoms. The van der Waals surface area contributed by atoms with Gasteiger partial charge in [0.15, 0.2) is 0 Å².